The number of hydrogen-bond acceptors (Lipinski definition) is 2. The topological polar surface area (TPSA) is 58.2 Å². The Morgan fingerprint density at radius 2 is 1.91 bits per heavy atom. The summed E-state index contributed by atoms with van der Waals surface area (Å²) in [5, 5.41) is 5.21. The van der Waals surface area contributed by atoms with E-state index in [1.165, 1.54) is 12.1 Å². The Balaban J connectivity index is 1.81. The number of aryl methyl sites for hydroxylation is 1. The third-order valence-electron chi connectivity index (χ3n) is 3.16. The Morgan fingerprint density at radius 1 is 1.13 bits per heavy atom. The first kappa shape index (κ1) is 17.1. The second-order valence-corrected chi connectivity index (χ2v) is 5.95. The monoisotopic (exact) mass is 378 g/mol. The van der Waals surface area contributed by atoms with Crippen LogP contribution in [-0.2, 0) is 16.0 Å². The lowest BCUT2D eigenvalue weighted by Gasteiger charge is -2.08. The minimum absolute atomic E-state index is 0.0289. The molecule has 0 saturated heterocycles. The normalized spacial score (nSPS) is 10.2. The molecular weight excluding hydrogens is 363 g/mol. The van der Waals surface area contributed by atoms with Crippen LogP contribution >= 0.6 is 15.9 Å². The molecular formula is C17H16BrFN2O2. The number of nitrogens with one attached hydrogen (secondary N) is 2. The van der Waals surface area contributed by atoms with Gasteiger partial charge in [0.25, 0.3) is 0 Å². The molecule has 2 aromatic carbocycles. The lowest BCUT2D eigenvalue weighted by atomic mass is 10.1. The van der Waals surface area contributed by atoms with Gasteiger partial charge in [0.05, 0.1) is 13.0 Å². The van der Waals surface area contributed by atoms with Crippen LogP contribution in [0.5, 0.6) is 0 Å². The Kier molecular flexibility index (Phi) is 5.87. The van der Waals surface area contributed by atoms with Crippen molar-refractivity contribution in [2.75, 3.05) is 11.9 Å². The van der Waals surface area contributed by atoms with Gasteiger partial charge in [-0.25, -0.2) is 4.39 Å². The van der Waals surface area contributed by atoms with Crippen LogP contribution in [0, 0.1) is 12.7 Å². The summed E-state index contributed by atoms with van der Waals surface area (Å²) < 4.78 is 13.9. The van der Waals surface area contributed by atoms with Crippen LogP contribution < -0.4 is 10.6 Å². The molecule has 2 rings (SSSR count). The molecule has 0 atom stereocenters. The van der Waals surface area contributed by atoms with Gasteiger partial charge < -0.3 is 10.6 Å². The van der Waals surface area contributed by atoms with Crippen molar-refractivity contribution in [3.8, 4) is 0 Å². The number of rotatable bonds is 5. The number of benzene rings is 2. The number of carbonyl (C=O) groups is 2. The number of halogens is 2. The highest BCUT2D eigenvalue weighted by atomic mass is 79.9. The number of amides is 2. The van der Waals surface area contributed by atoms with Crippen molar-refractivity contribution in [2.24, 2.45) is 0 Å². The predicted octanol–water partition coefficient (Wildman–Crippen LogP) is 3.19. The van der Waals surface area contributed by atoms with E-state index in [0.29, 0.717) is 11.3 Å². The Labute approximate surface area is 142 Å². The zero-order valence-corrected chi connectivity index (χ0v) is 14.1. The van der Waals surface area contributed by atoms with E-state index >= 15 is 0 Å². The molecule has 0 unspecified atom stereocenters. The van der Waals surface area contributed by atoms with Crippen LogP contribution in [0.25, 0.3) is 0 Å². The molecule has 0 aliphatic rings. The molecule has 0 spiro atoms. The van der Waals surface area contributed by atoms with E-state index in [2.05, 4.69) is 26.6 Å². The van der Waals surface area contributed by atoms with Crippen molar-refractivity contribution in [3.05, 3.63) is 63.9 Å². The highest BCUT2D eigenvalue weighted by Gasteiger charge is 2.08. The lowest BCUT2D eigenvalue weighted by Crippen LogP contribution is -2.33. The van der Waals surface area contributed by atoms with Crippen molar-refractivity contribution in [3.63, 3.8) is 0 Å². The molecule has 6 heteroatoms. The van der Waals surface area contributed by atoms with Gasteiger partial charge in [-0.05, 0) is 42.3 Å². The molecule has 120 valence electrons. The summed E-state index contributed by atoms with van der Waals surface area (Å²) in [5.41, 5.74) is 2.27. The van der Waals surface area contributed by atoms with Crippen molar-refractivity contribution in [2.45, 2.75) is 13.3 Å². The zero-order valence-electron chi connectivity index (χ0n) is 12.5. The second-order valence-electron chi connectivity index (χ2n) is 5.10. The summed E-state index contributed by atoms with van der Waals surface area (Å²) in [4.78, 5) is 23.6. The number of anilines is 1. The van der Waals surface area contributed by atoms with E-state index in [1.807, 2.05) is 13.0 Å². The zero-order chi connectivity index (χ0) is 16.8. The summed E-state index contributed by atoms with van der Waals surface area (Å²) in [7, 11) is 0. The molecule has 0 heterocycles. The van der Waals surface area contributed by atoms with Crippen LogP contribution in [-0.4, -0.2) is 18.4 Å². The van der Waals surface area contributed by atoms with Gasteiger partial charge in [0, 0.05) is 10.2 Å². The van der Waals surface area contributed by atoms with Gasteiger partial charge in [0.15, 0.2) is 0 Å². The summed E-state index contributed by atoms with van der Waals surface area (Å²) in [6.07, 6.45) is 0.0289. The maximum Gasteiger partial charge on any atom is 0.243 e. The van der Waals surface area contributed by atoms with Gasteiger partial charge in [0.1, 0.15) is 5.82 Å². The highest BCUT2D eigenvalue weighted by Crippen LogP contribution is 2.20. The quantitative estimate of drug-likeness (QED) is 0.839. The maximum atomic E-state index is 13.0. The van der Waals surface area contributed by atoms with Crippen molar-refractivity contribution in [1.82, 2.24) is 5.32 Å². The standard InChI is InChI=1S/C17H16BrFN2O2/c1-11-5-6-14(9-15(11)18)21-17(23)10-20-16(22)8-12-3-2-4-13(19)7-12/h2-7,9H,8,10H2,1H3,(H,20,22)(H,21,23). The summed E-state index contributed by atoms with van der Waals surface area (Å²) in [5.74, 6) is -1.05. The van der Waals surface area contributed by atoms with Crippen LogP contribution in [0.15, 0.2) is 46.9 Å². The van der Waals surface area contributed by atoms with Crippen LogP contribution in [0.2, 0.25) is 0 Å². The SMILES string of the molecule is Cc1ccc(NC(=O)CNC(=O)Cc2cccc(F)c2)cc1Br. The first-order chi connectivity index (χ1) is 10.9. The molecule has 0 saturated carbocycles. The van der Waals surface area contributed by atoms with Crippen molar-refractivity contribution < 1.29 is 14.0 Å². The Hall–Kier alpha value is -2.21. The van der Waals surface area contributed by atoms with Gasteiger partial charge in [-0.15, -0.1) is 0 Å². The van der Waals surface area contributed by atoms with E-state index < -0.39 is 5.82 Å². The third-order valence-corrected chi connectivity index (χ3v) is 4.01. The van der Waals surface area contributed by atoms with Gasteiger partial charge in [0.2, 0.25) is 11.8 Å². The van der Waals surface area contributed by atoms with Gasteiger partial charge in [-0.3, -0.25) is 9.59 Å². The summed E-state index contributed by atoms with van der Waals surface area (Å²) in [6.45, 7) is 1.81. The molecule has 2 amide bonds. The fourth-order valence-electron chi connectivity index (χ4n) is 1.95. The fraction of sp³-hybridized carbons (Fsp3) is 0.176. The van der Waals surface area contributed by atoms with E-state index in [-0.39, 0.29) is 24.8 Å². The molecule has 0 aliphatic heterocycles. The molecule has 4 nitrogen and oxygen atoms in total. The van der Waals surface area contributed by atoms with Gasteiger partial charge in [-0.2, -0.15) is 0 Å². The first-order valence-electron chi connectivity index (χ1n) is 7.01. The van der Waals surface area contributed by atoms with E-state index in [0.717, 1.165) is 10.0 Å². The smallest absolute Gasteiger partial charge is 0.243 e. The molecule has 0 fully saturated rings. The second kappa shape index (κ2) is 7.87. The molecule has 2 N–H and O–H groups in total. The molecule has 23 heavy (non-hydrogen) atoms. The Bertz CT molecular complexity index is 734. The minimum atomic E-state index is -0.391. The molecule has 0 aliphatic carbocycles. The number of hydrogen-bond donors (Lipinski definition) is 2. The average molecular weight is 379 g/mol. The fourth-order valence-corrected chi connectivity index (χ4v) is 2.33. The van der Waals surface area contributed by atoms with Gasteiger partial charge >= 0.3 is 0 Å². The van der Waals surface area contributed by atoms with E-state index in [9.17, 15) is 14.0 Å². The highest BCUT2D eigenvalue weighted by molar-refractivity contribution is 9.10. The largest absolute Gasteiger partial charge is 0.347 e. The van der Waals surface area contributed by atoms with E-state index in [1.54, 1.807) is 24.3 Å². The lowest BCUT2D eigenvalue weighted by molar-refractivity contribution is -0.123. The number of carbonyl (C=O) groups excluding carboxylic acids is 2. The van der Waals surface area contributed by atoms with Crippen LogP contribution in [0.3, 0.4) is 0 Å². The predicted molar refractivity (Wildman–Crippen MR) is 90.6 cm³/mol. The van der Waals surface area contributed by atoms with Crippen LogP contribution in [0.4, 0.5) is 10.1 Å². The molecule has 0 bridgehead atoms. The summed E-state index contributed by atoms with van der Waals surface area (Å²) in [6, 6.07) is 11.3. The minimum Gasteiger partial charge on any atom is -0.347 e. The third kappa shape index (κ3) is 5.49. The first-order valence-corrected chi connectivity index (χ1v) is 7.80. The van der Waals surface area contributed by atoms with Crippen molar-refractivity contribution >= 4 is 33.4 Å². The van der Waals surface area contributed by atoms with Crippen molar-refractivity contribution in [1.29, 1.82) is 0 Å². The maximum absolute atomic E-state index is 13.0. The van der Waals surface area contributed by atoms with Crippen LogP contribution in [0.1, 0.15) is 11.1 Å². The molecule has 2 aromatic rings. The van der Waals surface area contributed by atoms with Gasteiger partial charge in [-0.1, -0.05) is 34.1 Å². The summed E-state index contributed by atoms with van der Waals surface area (Å²) >= 11 is 3.39. The average Bonchev–Trinajstić information content (AvgIpc) is 2.49. The molecule has 0 radical (unpaired) electrons. The molecule has 0 aromatic heterocycles. The Morgan fingerprint density at radius 3 is 2.61 bits per heavy atom. The van der Waals surface area contributed by atoms with E-state index in [4.69, 9.17) is 0 Å².